The molecule has 0 spiro atoms. The Morgan fingerprint density at radius 1 is 1.38 bits per heavy atom. The number of phenols is 1. The summed E-state index contributed by atoms with van der Waals surface area (Å²) >= 11 is 2.78. The highest BCUT2D eigenvalue weighted by Gasteiger charge is 2.16. The lowest BCUT2D eigenvalue weighted by Crippen LogP contribution is -2.23. The highest BCUT2D eigenvalue weighted by Crippen LogP contribution is 2.33. The van der Waals surface area contributed by atoms with Gasteiger partial charge in [0.1, 0.15) is 0 Å². The van der Waals surface area contributed by atoms with Crippen LogP contribution in [0.15, 0.2) is 10.5 Å². The molecule has 0 bridgehead atoms. The summed E-state index contributed by atoms with van der Waals surface area (Å²) in [5.74, 6) is -3.44. The van der Waals surface area contributed by atoms with Crippen molar-refractivity contribution in [2.75, 3.05) is 18.5 Å². The molecule has 0 aliphatic rings. The van der Waals surface area contributed by atoms with Crippen molar-refractivity contribution in [1.82, 2.24) is 0 Å². The molecule has 7 heteroatoms. The lowest BCUT2D eigenvalue weighted by atomic mass is 10.2. The van der Waals surface area contributed by atoms with Gasteiger partial charge in [-0.1, -0.05) is 0 Å². The van der Waals surface area contributed by atoms with Gasteiger partial charge in [0.15, 0.2) is 11.6 Å². The van der Waals surface area contributed by atoms with Gasteiger partial charge in [0.2, 0.25) is 5.82 Å². The summed E-state index contributed by atoms with van der Waals surface area (Å²) in [5.41, 5.74) is -0.0710. The lowest BCUT2D eigenvalue weighted by Gasteiger charge is -2.12. The van der Waals surface area contributed by atoms with Gasteiger partial charge < -0.3 is 20.6 Å². The smallest absolute Gasteiger partial charge is 0.203 e. The van der Waals surface area contributed by atoms with E-state index in [2.05, 4.69) is 21.2 Å². The van der Waals surface area contributed by atoms with Gasteiger partial charge in [-0.05, 0) is 22.0 Å². The van der Waals surface area contributed by atoms with Crippen molar-refractivity contribution in [3.05, 3.63) is 22.2 Å². The number of hydrogen-bond donors (Lipinski definition) is 4. The van der Waals surface area contributed by atoms with E-state index in [4.69, 9.17) is 10.2 Å². The molecule has 0 aliphatic heterocycles. The molecule has 1 rings (SSSR count). The number of aliphatic hydroxyl groups excluding tert-OH is 2. The van der Waals surface area contributed by atoms with Crippen LogP contribution in [-0.2, 0) is 0 Å². The molecule has 16 heavy (non-hydrogen) atoms. The summed E-state index contributed by atoms with van der Waals surface area (Å²) < 4.78 is 25.8. The van der Waals surface area contributed by atoms with Crippen molar-refractivity contribution in [3.8, 4) is 5.75 Å². The predicted octanol–water partition coefficient (Wildman–Crippen LogP) is 1.20. The van der Waals surface area contributed by atoms with Crippen LogP contribution in [0.2, 0.25) is 0 Å². The molecule has 0 radical (unpaired) electrons. The third kappa shape index (κ3) is 2.81. The summed E-state index contributed by atoms with van der Waals surface area (Å²) in [5, 5.41) is 29.3. The third-order valence-electron chi connectivity index (χ3n) is 1.88. The fourth-order valence-corrected chi connectivity index (χ4v) is 1.42. The molecular weight excluding hydrogens is 288 g/mol. The number of phenolic OH excluding ortho intramolecular Hbond substituents is 1. The van der Waals surface area contributed by atoms with Crippen molar-refractivity contribution < 1.29 is 24.1 Å². The quantitative estimate of drug-likeness (QED) is 0.498. The summed E-state index contributed by atoms with van der Waals surface area (Å²) in [6, 6.07) is 1.14. The average molecular weight is 298 g/mol. The van der Waals surface area contributed by atoms with E-state index in [1.54, 1.807) is 0 Å². The standard InChI is InChI=1S/C9H10BrF2NO3/c10-5-1-6(13-2-4(15)3-14)9(16)8(12)7(5)11/h1,4,13-16H,2-3H2. The van der Waals surface area contributed by atoms with Crippen molar-refractivity contribution >= 4 is 21.6 Å². The molecule has 0 fully saturated rings. The number of hydrogen-bond acceptors (Lipinski definition) is 4. The van der Waals surface area contributed by atoms with E-state index in [0.29, 0.717) is 0 Å². The van der Waals surface area contributed by atoms with E-state index in [0.717, 1.165) is 6.07 Å². The minimum Gasteiger partial charge on any atom is -0.503 e. The first kappa shape index (κ1) is 13.1. The van der Waals surface area contributed by atoms with E-state index in [9.17, 15) is 13.9 Å². The molecule has 0 saturated carbocycles. The van der Waals surface area contributed by atoms with Gasteiger partial charge in [-0.25, -0.2) is 4.39 Å². The Morgan fingerprint density at radius 3 is 2.56 bits per heavy atom. The van der Waals surface area contributed by atoms with Crippen LogP contribution in [0.4, 0.5) is 14.5 Å². The first-order valence-corrected chi connectivity index (χ1v) is 5.16. The third-order valence-corrected chi connectivity index (χ3v) is 2.45. The maximum absolute atomic E-state index is 13.1. The van der Waals surface area contributed by atoms with Gasteiger partial charge in [0, 0.05) is 6.54 Å². The second-order valence-corrected chi connectivity index (χ2v) is 3.95. The Bertz CT molecular complexity index is 390. The molecule has 1 aromatic carbocycles. The first-order chi connectivity index (χ1) is 7.47. The van der Waals surface area contributed by atoms with Crippen molar-refractivity contribution in [2.45, 2.75) is 6.10 Å². The Kier molecular flexibility index (Phi) is 4.45. The molecule has 0 amide bonds. The van der Waals surface area contributed by atoms with E-state index in [1.807, 2.05) is 0 Å². The molecule has 1 atom stereocenters. The number of anilines is 1. The zero-order chi connectivity index (χ0) is 12.3. The molecule has 0 heterocycles. The highest BCUT2D eigenvalue weighted by molar-refractivity contribution is 9.10. The Labute approximate surface area is 98.7 Å². The summed E-state index contributed by atoms with van der Waals surface area (Å²) in [7, 11) is 0. The van der Waals surface area contributed by atoms with Crippen LogP contribution in [0.3, 0.4) is 0 Å². The molecule has 0 aromatic heterocycles. The summed E-state index contributed by atoms with van der Waals surface area (Å²) in [6.45, 7) is -0.569. The van der Waals surface area contributed by atoms with E-state index < -0.39 is 30.1 Å². The Hall–Kier alpha value is -0.920. The van der Waals surface area contributed by atoms with Gasteiger partial charge >= 0.3 is 0 Å². The van der Waals surface area contributed by atoms with Crippen LogP contribution in [-0.4, -0.2) is 34.6 Å². The van der Waals surface area contributed by atoms with E-state index >= 15 is 0 Å². The number of aliphatic hydroxyl groups is 2. The van der Waals surface area contributed by atoms with Crippen LogP contribution in [0.25, 0.3) is 0 Å². The molecular formula is C9H10BrF2NO3. The highest BCUT2D eigenvalue weighted by atomic mass is 79.9. The first-order valence-electron chi connectivity index (χ1n) is 4.36. The van der Waals surface area contributed by atoms with Gasteiger partial charge in [-0.3, -0.25) is 0 Å². The zero-order valence-corrected chi connectivity index (χ0v) is 9.63. The van der Waals surface area contributed by atoms with Gasteiger partial charge in [-0.15, -0.1) is 0 Å². The zero-order valence-electron chi connectivity index (χ0n) is 8.04. The molecule has 4 nitrogen and oxygen atoms in total. The Balaban J connectivity index is 2.89. The topological polar surface area (TPSA) is 72.7 Å². The van der Waals surface area contributed by atoms with E-state index in [-0.39, 0.29) is 16.7 Å². The second-order valence-electron chi connectivity index (χ2n) is 3.10. The number of halogens is 3. The maximum Gasteiger partial charge on any atom is 0.203 e. The monoisotopic (exact) mass is 297 g/mol. The molecule has 0 saturated heterocycles. The largest absolute Gasteiger partial charge is 0.503 e. The minimum atomic E-state index is -1.38. The summed E-state index contributed by atoms with van der Waals surface area (Å²) in [4.78, 5) is 0. The normalized spacial score (nSPS) is 12.6. The van der Waals surface area contributed by atoms with Crippen LogP contribution < -0.4 is 5.32 Å². The van der Waals surface area contributed by atoms with Gasteiger partial charge in [0.05, 0.1) is 22.9 Å². The predicted molar refractivity (Wildman–Crippen MR) is 57.3 cm³/mol. The number of nitrogens with one attached hydrogen (secondary N) is 1. The molecule has 0 aliphatic carbocycles. The summed E-state index contributed by atoms with van der Waals surface area (Å²) in [6.07, 6.45) is -1.05. The fourth-order valence-electron chi connectivity index (χ4n) is 1.01. The van der Waals surface area contributed by atoms with Crippen LogP contribution >= 0.6 is 15.9 Å². The van der Waals surface area contributed by atoms with Gasteiger partial charge in [-0.2, -0.15) is 4.39 Å². The molecule has 90 valence electrons. The van der Waals surface area contributed by atoms with Gasteiger partial charge in [0.25, 0.3) is 0 Å². The van der Waals surface area contributed by atoms with Crippen LogP contribution in [0, 0.1) is 11.6 Å². The number of rotatable bonds is 4. The van der Waals surface area contributed by atoms with Crippen molar-refractivity contribution in [2.24, 2.45) is 0 Å². The van der Waals surface area contributed by atoms with Crippen molar-refractivity contribution in [1.29, 1.82) is 0 Å². The molecule has 1 unspecified atom stereocenters. The number of aromatic hydroxyl groups is 1. The lowest BCUT2D eigenvalue weighted by molar-refractivity contribution is 0.105. The maximum atomic E-state index is 13.1. The fraction of sp³-hybridized carbons (Fsp3) is 0.333. The van der Waals surface area contributed by atoms with Crippen LogP contribution in [0.1, 0.15) is 0 Å². The molecule has 4 N–H and O–H groups in total. The van der Waals surface area contributed by atoms with Crippen molar-refractivity contribution in [3.63, 3.8) is 0 Å². The Morgan fingerprint density at radius 2 is 2.00 bits per heavy atom. The minimum absolute atomic E-state index is 0.0710. The number of benzene rings is 1. The van der Waals surface area contributed by atoms with E-state index in [1.165, 1.54) is 0 Å². The molecule has 1 aromatic rings. The van der Waals surface area contributed by atoms with Crippen LogP contribution in [0.5, 0.6) is 5.75 Å². The SMILES string of the molecule is OCC(O)CNc1cc(Br)c(F)c(F)c1O. The second kappa shape index (κ2) is 5.42. The average Bonchev–Trinajstić information content (AvgIpc) is 2.28.